The minimum absolute atomic E-state index is 0.0684. The highest BCUT2D eigenvalue weighted by molar-refractivity contribution is 6.33. The smallest absolute Gasteiger partial charge is 0.238 e. The van der Waals surface area contributed by atoms with Crippen LogP contribution in [0.5, 0.6) is 0 Å². The number of carbonyl (C=O) groups excluding carboxylic acids is 1. The number of hydrogen-bond acceptors (Lipinski definition) is 3. The van der Waals surface area contributed by atoms with E-state index in [0.29, 0.717) is 23.7 Å². The van der Waals surface area contributed by atoms with Crippen LogP contribution in [0.15, 0.2) is 84.9 Å². The van der Waals surface area contributed by atoms with Crippen LogP contribution in [0.25, 0.3) is 0 Å². The number of aliphatic hydroxyl groups is 1. The van der Waals surface area contributed by atoms with Gasteiger partial charge < -0.3 is 10.4 Å². The average Bonchev–Trinajstić information content (AvgIpc) is 2.75. The van der Waals surface area contributed by atoms with E-state index in [9.17, 15) is 9.90 Å². The number of rotatable bonds is 9. The van der Waals surface area contributed by atoms with Gasteiger partial charge in [-0.25, -0.2) is 0 Å². The lowest BCUT2D eigenvalue weighted by Gasteiger charge is -2.32. The van der Waals surface area contributed by atoms with Crippen LogP contribution in [0.3, 0.4) is 0 Å². The zero-order valence-electron chi connectivity index (χ0n) is 16.2. The Kier molecular flexibility index (Phi) is 7.82. The zero-order valence-corrected chi connectivity index (χ0v) is 16.9. The molecule has 0 heterocycles. The molecule has 3 rings (SSSR count). The second-order valence-corrected chi connectivity index (χ2v) is 7.21. The summed E-state index contributed by atoms with van der Waals surface area (Å²) in [5, 5.41) is 12.8. The van der Waals surface area contributed by atoms with Crippen molar-refractivity contribution in [1.82, 2.24) is 4.90 Å². The predicted octanol–water partition coefficient (Wildman–Crippen LogP) is 4.75. The molecule has 0 aliphatic heterocycles. The highest BCUT2D eigenvalue weighted by Crippen LogP contribution is 2.29. The van der Waals surface area contributed by atoms with E-state index in [1.807, 2.05) is 48.5 Å². The average molecular weight is 409 g/mol. The summed E-state index contributed by atoms with van der Waals surface area (Å²) in [4.78, 5) is 14.9. The molecule has 0 spiro atoms. The van der Waals surface area contributed by atoms with E-state index < -0.39 is 0 Å². The van der Waals surface area contributed by atoms with Crippen molar-refractivity contribution in [3.05, 3.63) is 101 Å². The molecule has 0 aliphatic carbocycles. The molecule has 0 radical (unpaired) electrons. The number of hydrogen-bond donors (Lipinski definition) is 2. The van der Waals surface area contributed by atoms with E-state index in [-0.39, 0.29) is 25.1 Å². The van der Waals surface area contributed by atoms with Crippen LogP contribution in [-0.4, -0.2) is 35.6 Å². The van der Waals surface area contributed by atoms with E-state index in [4.69, 9.17) is 11.6 Å². The molecule has 3 aromatic rings. The lowest BCUT2D eigenvalue weighted by molar-refractivity contribution is -0.117. The van der Waals surface area contributed by atoms with Gasteiger partial charge in [-0.1, -0.05) is 84.4 Å². The molecule has 4 nitrogen and oxygen atoms in total. The Bertz CT molecular complexity index is 864. The van der Waals surface area contributed by atoms with Gasteiger partial charge in [0.05, 0.1) is 23.3 Å². The number of anilines is 1. The lowest BCUT2D eigenvalue weighted by Crippen LogP contribution is -2.38. The number of aliphatic hydroxyl groups excluding tert-OH is 1. The van der Waals surface area contributed by atoms with Gasteiger partial charge in [-0.2, -0.15) is 0 Å². The van der Waals surface area contributed by atoms with Gasteiger partial charge in [-0.3, -0.25) is 9.69 Å². The molecular weight excluding hydrogens is 384 g/mol. The first-order valence-corrected chi connectivity index (χ1v) is 10.1. The molecule has 2 N–H and O–H groups in total. The summed E-state index contributed by atoms with van der Waals surface area (Å²) in [6.07, 6.45) is 0.579. The van der Waals surface area contributed by atoms with Crippen molar-refractivity contribution in [2.45, 2.75) is 12.5 Å². The molecule has 0 aliphatic rings. The maximum absolute atomic E-state index is 12.8. The van der Waals surface area contributed by atoms with Crippen LogP contribution in [0.1, 0.15) is 23.6 Å². The van der Waals surface area contributed by atoms with Crippen LogP contribution in [-0.2, 0) is 4.79 Å². The Morgan fingerprint density at radius 3 is 2.00 bits per heavy atom. The van der Waals surface area contributed by atoms with Crippen LogP contribution in [0.4, 0.5) is 5.69 Å². The fourth-order valence-electron chi connectivity index (χ4n) is 3.39. The van der Waals surface area contributed by atoms with E-state index >= 15 is 0 Å². The number of halogens is 1. The van der Waals surface area contributed by atoms with E-state index in [2.05, 4.69) is 34.5 Å². The number of benzene rings is 3. The lowest BCUT2D eigenvalue weighted by atomic mass is 9.96. The Morgan fingerprint density at radius 2 is 1.45 bits per heavy atom. The third kappa shape index (κ3) is 5.91. The fraction of sp³-hybridized carbons (Fsp3) is 0.208. The molecule has 150 valence electrons. The largest absolute Gasteiger partial charge is 0.396 e. The Balaban J connectivity index is 1.87. The van der Waals surface area contributed by atoms with Crippen LogP contribution in [0, 0.1) is 0 Å². The van der Waals surface area contributed by atoms with Crippen molar-refractivity contribution < 1.29 is 9.90 Å². The van der Waals surface area contributed by atoms with Crippen LogP contribution in [0.2, 0.25) is 5.02 Å². The van der Waals surface area contributed by atoms with Gasteiger partial charge in [-0.15, -0.1) is 0 Å². The molecule has 0 fully saturated rings. The molecule has 0 saturated heterocycles. The van der Waals surface area contributed by atoms with Gasteiger partial charge in [0.2, 0.25) is 5.91 Å². The van der Waals surface area contributed by atoms with Crippen molar-refractivity contribution in [3.8, 4) is 0 Å². The van der Waals surface area contributed by atoms with Gasteiger partial charge in [0.15, 0.2) is 0 Å². The van der Waals surface area contributed by atoms with Gasteiger partial charge in [0, 0.05) is 13.2 Å². The topological polar surface area (TPSA) is 52.6 Å². The molecule has 0 saturated carbocycles. The summed E-state index contributed by atoms with van der Waals surface area (Å²) in [5.74, 6) is -0.145. The molecular formula is C24H25ClN2O2. The van der Waals surface area contributed by atoms with E-state index in [0.717, 1.165) is 11.1 Å². The van der Waals surface area contributed by atoms with Crippen LogP contribution < -0.4 is 5.32 Å². The maximum Gasteiger partial charge on any atom is 0.238 e. The number of para-hydroxylation sites is 1. The maximum atomic E-state index is 12.8. The van der Waals surface area contributed by atoms with Crippen molar-refractivity contribution in [2.24, 2.45) is 0 Å². The summed E-state index contributed by atoms with van der Waals surface area (Å²) in [7, 11) is 0. The SMILES string of the molecule is O=C(CN(CCCO)C(c1ccccc1)c1ccccc1)Nc1ccccc1Cl. The first-order valence-electron chi connectivity index (χ1n) is 9.68. The first kappa shape index (κ1) is 21.1. The van der Waals surface area contributed by atoms with Crippen molar-refractivity contribution in [2.75, 3.05) is 25.0 Å². The standard InChI is InChI=1S/C24H25ClN2O2/c25-21-14-7-8-15-22(21)26-23(29)18-27(16-9-17-28)24(19-10-3-1-4-11-19)20-12-5-2-6-13-20/h1-8,10-15,24,28H,9,16-18H2,(H,26,29). The van der Waals surface area contributed by atoms with Gasteiger partial charge in [0.25, 0.3) is 0 Å². The summed E-state index contributed by atoms with van der Waals surface area (Å²) in [5.41, 5.74) is 2.79. The van der Waals surface area contributed by atoms with Crippen LogP contribution >= 0.6 is 11.6 Å². The van der Waals surface area contributed by atoms with Gasteiger partial charge in [-0.05, 0) is 29.7 Å². The quantitative estimate of drug-likeness (QED) is 0.537. The van der Waals surface area contributed by atoms with Gasteiger partial charge >= 0.3 is 0 Å². The summed E-state index contributed by atoms with van der Waals surface area (Å²) >= 11 is 6.18. The minimum atomic E-state index is -0.145. The van der Waals surface area contributed by atoms with E-state index in [1.165, 1.54) is 0 Å². The Hall–Kier alpha value is -2.66. The Labute approximate surface area is 176 Å². The zero-order chi connectivity index (χ0) is 20.5. The summed E-state index contributed by atoms with van der Waals surface area (Å²) in [6, 6.07) is 27.3. The van der Waals surface area contributed by atoms with Crippen molar-refractivity contribution in [3.63, 3.8) is 0 Å². The molecule has 0 aromatic heterocycles. The van der Waals surface area contributed by atoms with Crippen molar-refractivity contribution >= 4 is 23.2 Å². The number of amides is 1. The molecule has 29 heavy (non-hydrogen) atoms. The minimum Gasteiger partial charge on any atom is -0.396 e. The molecule has 0 bridgehead atoms. The molecule has 5 heteroatoms. The summed E-state index contributed by atoms with van der Waals surface area (Å²) < 4.78 is 0. The molecule has 3 aromatic carbocycles. The summed E-state index contributed by atoms with van der Waals surface area (Å²) in [6.45, 7) is 0.833. The fourth-order valence-corrected chi connectivity index (χ4v) is 3.58. The molecule has 1 amide bonds. The molecule has 0 unspecified atom stereocenters. The Morgan fingerprint density at radius 1 is 0.897 bits per heavy atom. The third-order valence-corrected chi connectivity index (χ3v) is 5.02. The number of carbonyl (C=O) groups is 1. The highest BCUT2D eigenvalue weighted by atomic mass is 35.5. The number of nitrogens with zero attached hydrogens (tertiary/aromatic N) is 1. The number of nitrogens with one attached hydrogen (secondary N) is 1. The first-order chi connectivity index (χ1) is 14.2. The van der Waals surface area contributed by atoms with Gasteiger partial charge in [0.1, 0.15) is 0 Å². The third-order valence-electron chi connectivity index (χ3n) is 4.69. The highest BCUT2D eigenvalue weighted by Gasteiger charge is 2.24. The normalized spacial score (nSPS) is 11.0. The monoisotopic (exact) mass is 408 g/mol. The predicted molar refractivity (Wildman–Crippen MR) is 118 cm³/mol. The second-order valence-electron chi connectivity index (χ2n) is 6.80. The van der Waals surface area contributed by atoms with Crippen molar-refractivity contribution in [1.29, 1.82) is 0 Å². The van der Waals surface area contributed by atoms with E-state index in [1.54, 1.807) is 12.1 Å². The second kappa shape index (κ2) is 10.8. The molecule has 0 atom stereocenters.